The van der Waals surface area contributed by atoms with Crippen molar-refractivity contribution >= 4 is 34.9 Å². The summed E-state index contributed by atoms with van der Waals surface area (Å²) in [5, 5.41) is 4.76. The van der Waals surface area contributed by atoms with Gasteiger partial charge >= 0.3 is 11.7 Å². The zero-order chi connectivity index (χ0) is 26.3. The molecule has 190 valence electrons. The topological polar surface area (TPSA) is 139 Å². The number of aliphatic imine (C=N–C) groups is 1. The summed E-state index contributed by atoms with van der Waals surface area (Å²) in [6.07, 6.45) is 4.96. The molecule has 0 bridgehead atoms. The van der Waals surface area contributed by atoms with E-state index in [1.54, 1.807) is 24.1 Å². The van der Waals surface area contributed by atoms with Crippen molar-refractivity contribution < 1.29 is 9.00 Å². The van der Waals surface area contributed by atoms with Crippen molar-refractivity contribution in [1.82, 2.24) is 24.6 Å². The predicted octanol–water partition coefficient (Wildman–Crippen LogP) is 2.59. The summed E-state index contributed by atoms with van der Waals surface area (Å²) in [5.74, 6) is -0.413. The Labute approximate surface area is 221 Å². The van der Waals surface area contributed by atoms with Gasteiger partial charge in [-0.25, -0.2) is 9.67 Å². The number of hydrogen-bond acceptors (Lipinski definition) is 7. The lowest BCUT2D eigenvalue weighted by Gasteiger charge is -2.35. The van der Waals surface area contributed by atoms with E-state index in [0.717, 1.165) is 29.5 Å². The van der Waals surface area contributed by atoms with E-state index in [9.17, 15) is 13.8 Å². The first-order chi connectivity index (χ1) is 17.8. The fraction of sp³-hybridized carbons (Fsp3) is 0.320. The predicted molar refractivity (Wildman–Crippen MR) is 141 cm³/mol. The Morgan fingerprint density at radius 3 is 2.78 bits per heavy atom. The quantitative estimate of drug-likeness (QED) is 0.365. The van der Waals surface area contributed by atoms with Gasteiger partial charge in [0, 0.05) is 64.3 Å². The SMILES string of the molecule is CN=C(C1=C(N)[C@H](C)N(C(=O)c2ncn(-c3ccc[nH]c3=O)n2)CC1)c1cc(Cl)cc(C2([S+]=O)CC2)c1. The molecule has 3 aromatic rings. The molecule has 2 aliphatic rings. The number of rotatable bonds is 6. The number of benzene rings is 1. The zero-order valence-electron chi connectivity index (χ0n) is 20.3. The number of hydrogen-bond donors (Lipinski definition) is 2. The molecule has 1 aliphatic carbocycles. The molecular weight excluding hydrogens is 514 g/mol. The van der Waals surface area contributed by atoms with E-state index in [4.69, 9.17) is 17.3 Å². The van der Waals surface area contributed by atoms with Crippen LogP contribution in [0.2, 0.25) is 5.02 Å². The number of H-pyrrole nitrogens is 1. The van der Waals surface area contributed by atoms with Crippen molar-refractivity contribution in [3.05, 3.63) is 86.5 Å². The molecule has 10 nitrogen and oxygen atoms in total. The molecule has 2 aromatic heterocycles. The minimum Gasteiger partial charge on any atom is -0.400 e. The van der Waals surface area contributed by atoms with Crippen LogP contribution >= 0.6 is 11.6 Å². The monoisotopic (exact) mass is 538 g/mol. The van der Waals surface area contributed by atoms with E-state index < -0.39 is 10.8 Å². The van der Waals surface area contributed by atoms with Gasteiger partial charge in [-0.2, -0.15) is 0 Å². The number of pyridine rings is 1. The molecule has 1 aliphatic heterocycles. The minimum absolute atomic E-state index is 0.0277. The molecule has 1 atom stereocenters. The minimum atomic E-state index is -0.439. The van der Waals surface area contributed by atoms with Crippen LogP contribution in [-0.4, -0.2) is 55.9 Å². The third-order valence-electron chi connectivity index (χ3n) is 6.93. The van der Waals surface area contributed by atoms with E-state index in [1.165, 1.54) is 17.2 Å². The maximum absolute atomic E-state index is 13.3. The van der Waals surface area contributed by atoms with Gasteiger partial charge in [0.25, 0.3) is 16.2 Å². The average molecular weight is 539 g/mol. The standard InChI is InChI=1S/C25H24ClN7O3S/c1-14-20(27)18(21(28-2)15-10-16(12-17(26)11-15)25(37-36)6-7-25)5-9-32(14)24(35)22-30-13-33(31-22)19-4-3-8-29-23(19)34/h3-4,8,10-14H,5-7,9H2,1-2H3,(H2-,27,28,29,34)/p+1/t14-/m0/s1. The second kappa shape index (κ2) is 9.64. The van der Waals surface area contributed by atoms with E-state index in [2.05, 4.69) is 20.1 Å². The number of aromatic nitrogens is 4. The number of halogens is 1. The highest BCUT2D eigenvalue weighted by molar-refractivity contribution is 7.67. The van der Waals surface area contributed by atoms with Gasteiger partial charge in [0.05, 0.1) is 11.8 Å². The summed E-state index contributed by atoms with van der Waals surface area (Å²) in [6, 6.07) is 8.45. The number of carbonyl (C=O) groups excluding carboxylic acids is 1. The molecule has 1 aromatic carbocycles. The molecule has 1 saturated carbocycles. The normalized spacial score (nSPS) is 19.2. The second-order valence-corrected chi connectivity index (χ2v) is 10.5. The fourth-order valence-electron chi connectivity index (χ4n) is 4.68. The van der Waals surface area contributed by atoms with Crippen LogP contribution in [0.1, 0.15) is 47.9 Å². The summed E-state index contributed by atoms with van der Waals surface area (Å²) in [7, 11) is 1.69. The molecule has 3 N–H and O–H groups in total. The molecule has 0 radical (unpaired) electrons. The van der Waals surface area contributed by atoms with Crippen molar-refractivity contribution in [1.29, 1.82) is 0 Å². The smallest absolute Gasteiger partial charge is 0.400 e. The summed E-state index contributed by atoms with van der Waals surface area (Å²) in [5.41, 5.74) is 10.2. The number of amides is 1. The molecule has 0 saturated heterocycles. The highest BCUT2D eigenvalue weighted by Gasteiger charge is 2.59. The van der Waals surface area contributed by atoms with E-state index in [-0.39, 0.29) is 23.0 Å². The lowest BCUT2D eigenvalue weighted by Crippen LogP contribution is -2.47. The Kier molecular flexibility index (Phi) is 6.50. The van der Waals surface area contributed by atoms with E-state index in [0.29, 0.717) is 41.1 Å². The van der Waals surface area contributed by atoms with Crippen LogP contribution in [0.25, 0.3) is 5.69 Å². The van der Waals surface area contributed by atoms with Crippen LogP contribution in [0.5, 0.6) is 0 Å². The summed E-state index contributed by atoms with van der Waals surface area (Å²) in [4.78, 5) is 38.2. The van der Waals surface area contributed by atoms with Gasteiger partial charge in [0.2, 0.25) is 5.82 Å². The molecule has 5 rings (SSSR count). The van der Waals surface area contributed by atoms with Crippen LogP contribution in [0, 0.1) is 0 Å². The molecule has 3 heterocycles. The first kappa shape index (κ1) is 25.0. The van der Waals surface area contributed by atoms with Crippen LogP contribution in [0.3, 0.4) is 0 Å². The number of aromatic amines is 1. The summed E-state index contributed by atoms with van der Waals surface area (Å²) in [6.45, 7) is 2.22. The Morgan fingerprint density at radius 2 is 2.11 bits per heavy atom. The second-order valence-electron chi connectivity index (χ2n) is 9.13. The van der Waals surface area contributed by atoms with Gasteiger partial charge < -0.3 is 15.6 Å². The first-order valence-electron chi connectivity index (χ1n) is 11.8. The molecule has 1 fully saturated rings. The van der Waals surface area contributed by atoms with Gasteiger partial charge in [-0.1, -0.05) is 11.6 Å². The van der Waals surface area contributed by atoms with Gasteiger partial charge in [0.15, 0.2) is 0 Å². The third-order valence-corrected chi connectivity index (χ3v) is 8.11. The lowest BCUT2D eigenvalue weighted by molar-refractivity contribution is 0.0694. The Balaban J connectivity index is 1.42. The fourth-order valence-corrected chi connectivity index (χ4v) is 5.40. The van der Waals surface area contributed by atoms with E-state index >= 15 is 0 Å². The molecule has 1 amide bonds. The Bertz CT molecular complexity index is 1520. The molecule has 0 spiro atoms. The van der Waals surface area contributed by atoms with Crippen LogP contribution in [0.15, 0.2) is 63.9 Å². The van der Waals surface area contributed by atoms with Crippen molar-refractivity contribution in [3.63, 3.8) is 0 Å². The maximum atomic E-state index is 13.3. The van der Waals surface area contributed by atoms with Crippen LogP contribution in [0.4, 0.5) is 0 Å². The third kappa shape index (κ3) is 4.49. The molecular formula is C25H25ClN7O3S+. The molecule has 37 heavy (non-hydrogen) atoms. The van der Waals surface area contributed by atoms with E-state index in [1.807, 2.05) is 25.1 Å². The van der Waals surface area contributed by atoms with Crippen molar-refractivity contribution in [2.75, 3.05) is 13.6 Å². The molecule has 0 unspecified atom stereocenters. The maximum Gasteiger partial charge on any atom is 0.470 e. The first-order valence-corrected chi connectivity index (χ1v) is 12.9. The number of nitrogens with zero attached hydrogens (tertiary/aromatic N) is 5. The average Bonchev–Trinajstić information content (AvgIpc) is 3.55. The molecule has 12 heteroatoms. The number of carbonyl (C=O) groups is 1. The van der Waals surface area contributed by atoms with Crippen LogP contribution in [-0.2, 0) is 20.6 Å². The van der Waals surface area contributed by atoms with Gasteiger partial charge in [0.1, 0.15) is 12.0 Å². The lowest BCUT2D eigenvalue weighted by atomic mass is 9.90. The summed E-state index contributed by atoms with van der Waals surface area (Å²) < 4.78 is 12.6. The van der Waals surface area contributed by atoms with Gasteiger partial charge in [-0.05, 0) is 43.7 Å². The number of nitrogens with two attached hydrogens (primary N) is 1. The summed E-state index contributed by atoms with van der Waals surface area (Å²) >= 11 is 7.04. The largest absolute Gasteiger partial charge is 0.470 e. The Hall–Kier alpha value is -3.70. The number of nitrogens with one attached hydrogen (secondary N) is 1. The van der Waals surface area contributed by atoms with Gasteiger partial charge in [-0.15, -0.1) is 5.10 Å². The van der Waals surface area contributed by atoms with Gasteiger partial charge in [-0.3, -0.25) is 14.6 Å². The van der Waals surface area contributed by atoms with Crippen LogP contribution < -0.4 is 11.3 Å². The van der Waals surface area contributed by atoms with Crippen molar-refractivity contribution in [2.45, 2.75) is 37.0 Å². The highest BCUT2D eigenvalue weighted by Crippen LogP contribution is 2.48. The Morgan fingerprint density at radius 1 is 1.32 bits per heavy atom. The highest BCUT2D eigenvalue weighted by atomic mass is 35.5. The zero-order valence-corrected chi connectivity index (χ0v) is 21.8. The van der Waals surface area contributed by atoms with Crippen molar-refractivity contribution in [2.24, 2.45) is 10.7 Å². The van der Waals surface area contributed by atoms with Crippen molar-refractivity contribution in [3.8, 4) is 5.69 Å².